The van der Waals surface area contributed by atoms with Crippen molar-refractivity contribution in [3.05, 3.63) is 108 Å². The number of benzene rings is 4. The average molecular weight is 642 g/mol. The Morgan fingerprint density at radius 3 is 2.43 bits per heavy atom. The normalized spacial score (nSPS) is 11.0. The molecule has 0 aliphatic carbocycles. The number of carbonyl (C=O) groups is 2. The monoisotopic (exact) mass is 641 g/mol. The van der Waals surface area contributed by atoms with E-state index in [1.54, 1.807) is 12.1 Å². The number of thioether (sulfide) groups is 2. The molecule has 0 bridgehead atoms. The third-order valence-electron chi connectivity index (χ3n) is 6.53. The lowest BCUT2D eigenvalue weighted by Crippen LogP contribution is -2.14. The second-order valence-electron chi connectivity index (χ2n) is 9.55. The molecule has 0 radical (unpaired) electrons. The SMILES string of the molecule is Cn1c(SCC(=O)Nc2nnc(SCc3ccc(F)cc3)s2)nnc1-c1ccc(NC(=O)c2cccc3ccccc23)cc1. The second kappa shape index (κ2) is 13.4. The number of anilines is 2. The third kappa shape index (κ3) is 6.96. The van der Waals surface area contributed by atoms with E-state index < -0.39 is 0 Å². The first-order valence-electron chi connectivity index (χ1n) is 13.4. The van der Waals surface area contributed by atoms with Crippen LogP contribution < -0.4 is 10.6 Å². The minimum atomic E-state index is -0.274. The van der Waals surface area contributed by atoms with Crippen LogP contribution in [0.2, 0.25) is 0 Å². The minimum absolute atomic E-state index is 0.114. The van der Waals surface area contributed by atoms with Gasteiger partial charge in [0.05, 0.1) is 5.75 Å². The highest BCUT2D eigenvalue weighted by Gasteiger charge is 2.15. The van der Waals surface area contributed by atoms with Crippen LogP contribution in [0.25, 0.3) is 22.2 Å². The Hall–Kier alpha value is -4.59. The van der Waals surface area contributed by atoms with Gasteiger partial charge in [-0.3, -0.25) is 14.9 Å². The van der Waals surface area contributed by atoms with Crippen LogP contribution in [0.3, 0.4) is 0 Å². The van der Waals surface area contributed by atoms with E-state index in [9.17, 15) is 14.0 Å². The fraction of sp³-hybridized carbons (Fsp3) is 0.0968. The Labute approximate surface area is 264 Å². The number of hydrogen-bond acceptors (Lipinski definition) is 9. The molecule has 9 nitrogen and oxygen atoms in total. The van der Waals surface area contributed by atoms with Gasteiger partial charge >= 0.3 is 0 Å². The van der Waals surface area contributed by atoms with Crippen molar-refractivity contribution in [2.45, 2.75) is 15.2 Å². The van der Waals surface area contributed by atoms with Gasteiger partial charge in [-0.05, 0) is 58.8 Å². The number of rotatable bonds is 10. The number of nitrogens with one attached hydrogen (secondary N) is 2. The van der Waals surface area contributed by atoms with Gasteiger partial charge in [0.1, 0.15) is 5.82 Å². The smallest absolute Gasteiger partial charge is 0.256 e. The van der Waals surface area contributed by atoms with Crippen LogP contribution in [0, 0.1) is 5.82 Å². The molecule has 13 heteroatoms. The van der Waals surface area contributed by atoms with Crippen molar-refractivity contribution in [3.63, 3.8) is 0 Å². The number of carbonyl (C=O) groups excluding carboxylic acids is 2. The zero-order chi connectivity index (χ0) is 30.5. The lowest BCUT2D eigenvalue weighted by Gasteiger charge is -2.09. The molecule has 0 aliphatic rings. The summed E-state index contributed by atoms with van der Waals surface area (Å²) in [5.41, 5.74) is 3.06. The summed E-state index contributed by atoms with van der Waals surface area (Å²) >= 11 is 4.00. The largest absolute Gasteiger partial charge is 0.322 e. The number of aromatic nitrogens is 5. The molecule has 2 N–H and O–H groups in total. The van der Waals surface area contributed by atoms with Crippen LogP contribution in [0.1, 0.15) is 15.9 Å². The quantitative estimate of drug-likeness (QED) is 0.123. The van der Waals surface area contributed by atoms with Crippen molar-refractivity contribution in [1.29, 1.82) is 0 Å². The molecule has 0 saturated carbocycles. The fourth-order valence-electron chi connectivity index (χ4n) is 4.35. The molecule has 2 amide bonds. The Balaban J connectivity index is 1.02. The van der Waals surface area contributed by atoms with E-state index in [0.717, 1.165) is 21.9 Å². The molecule has 4 aromatic carbocycles. The van der Waals surface area contributed by atoms with Gasteiger partial charge in [-0.25, -0.2) is 4.39 Å². The van der Waals surface area contributed by atoms with E-state index in [4.69, 9.17) is 0 Å². The van der Waals surface area contributed by atoms with Crippen molar-refractivity contribution in [2.24, 2.45) is 7.05 Å². The highest BCUT2D eigenvalue weighted by Crippen LogP contribution is 2.29. The van der Waals surface area contributed by atoms with Gasteiger partial charge in [0.15, 0.2) is 15.3 Å². The Kier molecular flexibility index (Phi) is 8.96. The zero-order valence-electron chi connectivity index (χ0n) is 23.2. The zero-order valence-corrected chi connectivity index (χ0v) is 25.7. The first-order valence-corrected chi connectivity index (χ1v) is 16.1. The first-order chi connectivity index (χ1) is 21.4. The minimum Gasteiger partial charge on any atom is -0.322 e. The lowest BCUT2D eigenvalue weighted by atomic mass is 10.0. The highest BCUT2D eigenvalue weighted by molar-refractivity contribution is 8.00. The van der Waals surface area contributed by atoms with Gasteiger partial charge in [-0.1, -0.05) is 83.4 Å². The van der Waals surface area contributed by atoms with Gasteiger partial charge in [-0.15, -0.1) is 20.4 Å². The molecule has 0 atom stereocenters. The Bertz CT molecular complexity index is 1940. The van der Waals surface area contributed by atoms with Gasteiger partial charge in [-0.2, -0.15) is 0 Å². The Morgan fingerprint density at radius 1 is 0.841 bits per heavy atom. The highest BCUT2D eigenvalue weighted by atomic mass is 32.2. The van der Waals surface area contributed by atoms with Crippen LogP contribution in [-0.2, 0) is 17.6 Å². The van der Waals surface area contributed by atoms with E-state index in [0.29, 0.717) is 37.5 Å². The Morgan fingerprint density at radius 2 is 1.61 bits per heavy atom. The summed E-state index contributed by atoms with van der Waals surface area (Å²) in [5, 5.41) is 25.3. The molecule has 6 rings (SSSR count). The van der Waals surface area contributed by atoms with Crippen LogP contribution in [0.15, 0.2) is 100 Å². The summed E-state index contributed by atoms with van der Waals surface area (Å²) in [6.45, 7) is 0. The van der Waals surface area contributed by atoms with Crippen molar-refractivity contribution < 1.29 is 14.0 Å². The van der Waals surface area contributed by atoms with Gasteiger partial charge in [0, 0.05) is 29.6 Å². The molecule has 0 saturated heterocycles. The number of amides is 2. The van der Waals surface area contributed by atoms with Crippen LogP contribution in [0.5, 0.6) is 0 Å². The summed E-state index contributed by atoms with van der Waals surface area (Å²) in [6.07, 6.45) is 0. The number of hydrogen-bond donors (Lipinski definition) is 2. The topological polar surface area (TPSA) is 115 Å². The molecule has 6 aromatic rings. The second-order valence-corrected chi connectivity index (χ2v) is 12.7. The van der Waals surface area contributed by atoms with Crippen LogP contribution >= 0.6 is 34.9 Å². The van der Waals surface area contributed by atoms with E-state index in [2.05, 4.69) is 31.0 Å². The molecule has 2 heterocycles. The average Bonchev–Trinajstić information content (AvgIpc) is 3.65. The predicted octanol–water partition coefficient (Wildman–Crippen LogP) is 6.90. The molecule has 0 aliphatic heterocycles. The van der Waals surface area contributed by atoms with Crippen molar-refractivity contribution in [3.8, 4) is 11.4 Å². The first kappa shape index (κ1) is 29.5. The number of nitrogens with zero attached hydrogens (tertiary/aromatic N) is 5. The summed E-state index contributed by atoms with van der Waals surface area (Å²) in [7, 11) is 1.83. The number of fused-ring (bicyclic) bond motifs is 1. The molecule has 2 aromatic heterocycles. The van der Waals surface area contributed by atoms with Crippen molar-refractivity contribution >= 4 is 68.3 Å². The van der Waals surface area contributed by atoms with Gasteiger partial charge < -0.3 is 9.88 Å². The summed E-state index contributed by atoms with van der Waals surface area (Å²) in [6, 6.07) is 27.1. The fourth-order valence-corrected chi connectivity index (χ4v) is 6.78. The summed E-state index contributed by atoms with van der Waals surface area (Å²) in [5.74, 6) is 0.671. The molecule has 220 valence electrons. The molecular weight excluding hydrogens is 618 g/mol. The van der Waals surface area contributed by atoms with Gasteiger partial charge in [0.2, 0.25) is 11.0 Å². The summed E-state index contributed by atoms with van der Waals surface area (Å²) < 4.78 is 15.6. The third-order valence-corrected chi connectivity index (χ3v) is 9.59. The van der Waals surface area contributed by atoms with Crippen LogP contribution in [-0.4, -0.2) is 42.5 Å². The van der Waals surface area contributed by atoms with E-state index >= 15 is 0 Å². The maximum atomic E-state index is 13.1. The van der Waals surface area contributed by atoms with E-state index in [1.165, 1.54) is 47.0 Å². The van der Waals surface area contributed by atoms with Crippen molar-refractivity contribution in [2.75, 3.05) is 16.4 Å². The van der Waals surface area contributed by atoms with E-state index in [1.807, 2.05) is 78.3 Å². The maximum Gasteiger partial charge on any atom is 0.256 e. The molecule has 0 fully saturated rings. The van der Waals surface area contributed by atoms with Gasteiger partial charge in [0.25, 0.3) is 5.91 Å². The molecular formula is C31H24FN7O2S3. The van der Waals surface area contributed by atoms with E-state index in [-0.39, 0.29) is 23.4 Å². The molecule has 0 unspecified atom stereocenters. The maximum absolute atomic E-state index is 13.1. The lowest BCUT2D eigenvalue weighted by molar-refractivity contribution is -0.113. The van der Waals surface area contributed by atoms with Crippen LogP contribution in [0.4, 0.5) is 15.2 Å². The van der Waals surface area contributed by atoms with Crippen molar-refractivity contribution in [1.82, 2.24) is 25.0 Å². The molecule has 44 heavy (non-hydrogen) atoms. The summed E-state index contributed by atoms with van der Waals surface area (Å²) in [4.78, 5) is 25.6. The number of halogens is 1. The standard InChI is InChI=1S/C31H24FN7O2S3/c1-39-27(21-11-15-23(16-12-21)33-28(41)25-8-4-6-20-5-2-3-7-24(20)25)35-37-30(39)42-18-26(40)34-29-36-38-31(44-29)43-17-19-9-13-22(32)14-10-19/h2-16H,17-18H2,1H3,(H,33,41)(H,34,36,40). The molecule has 0 spiro atoms. The predicted molar refractivity (Wildman–Crippen MR) is 174 cm³/mol.